The molecule has 1 atom stereocenters. The predicted molar refractivity (Wildman–Crippen MR) is 52.0 cm³/mol. The molecule has 0 saturated carbocycles. The van der Waals surface area contributed by atoms with Crippen LogP contribution in [0, 0.1) is 11.3 Å². The van der Waals surface area contributed by atoms with E-state index in [4.69, 9.17) is 5.26 Å². The second-order valence-electron chi connectivity index (χ2n) is 3.30. The van der Waals surface area contributed by atoms with Crippen molar-refractivity contribution in [2.24, 2.45) is 0 Å². The summed E-state index contributed by atoms with van der Waals surface area (Å²) in [6, 6.07) is 2.03. The molecule has 0 bridgehead atoms. The van der Waals surface area contributed by atoms with Gasteiger partial charge in [-0.05, 0) is 13.3 Å². The van der Waals surface area contributed by atoms with E-state index in [-0.39, 0.29) is 18.4 Å². The number of nitrogens with zero attached hydrogens (tertiary/aromatic N) is 1. The second-order valence-corrected chi connectivity index (χ2v) is 3.30. The summed E-state index contributed by atoms with van der Waals surface area (Å²) in [7, 11) is 0. The maximum atomic E-state index is 11.0. The number of unbranched alkanes of at least 4 members (excludes halogenated alkanes) is 2. The highest BCUT2D eigenvalue weighted by atomic mass is 16.1. The first-order valence-corrected chi connectivity index (χ1v) is 4.87. The van der Waals surface area contributed by atoms with Gasteiger partial charge in [0.05, 0.1) is 6.07 Å². The van der Waals surface area contributed by atoms with Crippen molar-refractivity contribution < 1.29 is 4.79 Å². The molecule has 74 valence electrons. The Morgan fingerprint density at radius 3 is 2.77 bits per heavy atom. The fraction of sp³-hybridized carbons (Fsp3) is 0.800. The standard InChI is InChI=1S/C10H18N2O/c1-3-4-5-6-9(2)12-10(13)7-8-11/h9H,3-7H2,1-2H3,(H,12,13). The number of carbonyl (C=O) groups excluding carboxylic acids is 1. The zero-order chi connectivity index (χ0) is 10.1. The van der Waals surface area contributed by atoms with Crippen LogP contribution in [-0.2, 0) is 4.79 Å². The van der Waals surface area contributed by atoms with Crippen molar-refractivity contribution in [1.82, 2.24) is 5.32 Å². The lowest BCUT2D eigenvalue weighted by Crippen LogP contribution is -2.31. The Labute approximate surface area is 80.1 Å². The molecule has 0 aromatic rings. The topological polar surface area (TPSA) is 52.9 Å². The Morgan fingerprint density at radius 1 is 1.54 bits per heavy atom. The summed E-state index contributed by atoms with van der Waals surface area (Å²) in [6.07, 6.45) is 4.52. The van der Waals surface area contributed by atoms with Gasteiger partial charge in [0.2, 0.25) is 5.91 Å². The maximum Gasteiger partial charge on any atom is 0.234 e. The van der Waals surface area contributed by atoms with E-state index in [1.807, 2.05) is 13.0 Å². The van der Waals surface area contributed by atoms with E-state index in [0.29, 0.717) is 0 Å². The van der Waals surface area contributed by atoms with Gasteiger partial charge in [-0.2, -0.15) is 5.26 Å². The Morgan fingerprint density at radius 2 is 2.23 bits per heavy atom. The lowest BCUT2D eigenvalue weighted by atomic mass is 10.1. The van der Waals surface area contributed by atoms with Crippen LogP contribution in [-0.4, -0.2) is 11.9 Å². The summed E-state index contributed by atoms with van der Waals surface area (Å²) in [6.45, 7) is 4.13. The molecule has 1 unspecified atom stereocenters. The van der Waals surface area contributed by atoms with E-state index in [2.05, 4.69) is 12.2 Å². The van der Waals surface area contributed by atoms with Gasteiger partial charge in [-0.15, -0.1) is 0 Å². The third-order valence-electron chi connectivity index (χ3n) is 1.89. The Kier molecular flexibility index (Phi) is 6.99. The van der Waals surface area contributed by atoms with Gasteiger partial charge in [0.15, 0.2) is 0 Å². The third kappa shape index (κ3) is 7.32. The highest BCUT2D eigenvalue weighted by Gasteiger charge is 2.05. The average molecular weight is 182 g/mol. The molecule has 0 aliphatic carbocycles. The van der Waals surface area contributed by atoms with Crippen molar-refractivity contribution in [3.05, 3.63) is 0 Å². The number of carbonyl (C=O) groups is 1. The van der Waals surface area contributed by atoms with Crippen molar-refractivity contribution in [3.63, 3.8) is 0 Å². The Balaban J connectivity index is 3.45. The van der Waals surface area contributed by atoms with Gasteiger partial charge in [-0.1, -0.05) is 26.2 Å². The van der Waals surface area contributed by atoms with E-state index in [1.54, 1.807) is 0 Å². The van der Waals surface area contributed by atoms with Gasteiger partial charge < -0.3 is 5.32 Å². The van der Waals surface area contributed by atoms with Crippen molar-refractivity contribution in [3.8, 4) is 6.07 Å². The molecule has 0 aromatic heterocycles. The molecule has 0 fully saturated rings. The zero-order valence-corrected chi connectivity index (χ0v) is 8.47. The molecular weight excluding hydrogens is 164 g/mol. The van der Waals surface area contributed by atoms with Crippen LogP contribution in [0.1, 0.15) is 46.0 Å². The van der Waals surface area contributed by atoms with Crippen LogP contribution in [0.25, 0.3) is 0 Å². The fourth-order valence-electron chi connectivity index (χ4n) is 1.17. The van der Waals surface area contributed by atoms with Gasteiger partial charge in [0, 0.05) is 6.04 Å². The van der Waals surface area contributed by atoms with Gasteiger partial charge in [-0.25, -0.2) is 0 Å². The number of rotatable bonds is 6. The molecule has 0 aliphatic heterocycles. The first kappa shape index (κ1) is 12.0. The number of amides is 1. The zero-order valence-electron chi connectivity index (χ0n) is 8.47. The van der Waals surface area contributed by atoms with E-state index >= 15 is 0 Å². The summed E-state index contributed by atoms with van der Waals surface area (Å²) in [4.78, 5) is 11.0. The second kappa shape index (κ2) is 7.60. The minimum atomic E-state index is -0.161. The van der Waals surface area contributed by atoms with Crippen molar-refractivity contribution >= 4 is 5.91 Å². The van der Waals surface area contributed by atoms with E-state index < -0.39 is 0 Å². The van der Waals surface area contributed by atoms with Crippen LogP contribution in [0.3, 0.4) is 0 Å². The molecule has 1 N–H and O–H groups in total. The SMILES string of the molecule is CCCCCC(C)NC(=O)CC#N. The molecule has 3 nitrogen and oxygen atoms in total. The van der Waals surface area contributed by atoms with E-state index in [9.17, 15) is 4.79 Å². The van der Waals surface area contributed by atoms with E-state index in [0.717, 1.165) is 12.8 Å². The van der Waals surface area contributed by atoms with Crippen molar-refractivity contribution in [1.29, 1.82) is 5.26 Å². The number of nitriles is 1. The lowest BCUT2D eigenvalue weighted by molar-refractivity contribution is -0.120. The first-order chi connectivity index (χ1) is 6.20. The quantitative estimate of drug-likeness (QED) is 0.638. The smallest absolute Gasteiger partial charge is 0.234 e. The van der Waals surface area contributed by atoms with Crippen LogP contribution in [0.5, 0.6) is 0 Å². The van der Waals surface area contributed by atoms with Gasteiger partial charge >= 0.3 is 0 Å². The predicted octanol–water partition coefficient (Wildman–Crippen LogP) is 1.99. The maximum absolute atomic E-state index is 11.0. The fourth-order valence-corrected chi connectivity index (χ4v) is 1.17. The van der Waals surface area contributed by atoms with Gasteiger partial charge in [-0.3, -0.25) is 4.79 Å². The Bertz CT molecular complexity index is 184. The molecule has 0 aromatic carbocycles. The van der Waals surface area contributed by atoms with Crippen molar-refractivity contribution in [2.75, 3.05) is 0 Å². The van der Waals surface area contributed by atoms with Crippen LogP contribution in [0.4, 0.5) is 0 Å². The number of hydrogen-bond donors (Lipinski definition) is 1. The summed E-state index contributed by atoms with van der Waals surface area (Å²) in [5.74, 6) is -0.161. The molecule has 13 heavy (non-hydrogen) atoms. The minimum Gasteiger partial charge on any atom is -0.353 e. The molecule has 0 spiro atoms. The van der Waals surface area contributed by atoms with Crippen LogP contribution >= 0.6 is 0 Å². The number of hydrogen-bond acceptors (Lipinski definition) is 2. The molecular formula is C10H18N2O. The monoisotopic (exact) mass is 182 g/mol. The highest BCUT2D eigenvalue weighted by Crippen LogP contribution is 2.02. The molecule has 0 rings (SSSR count). The summed E-state index contributed by atoms with van der Waals surface area (Å²) >= 11 is 0. The lowest BCUT2D eigenvalue weighted by Gasteiger charge is -2.11. The van der Waals surface area contributed by atoms with Gasteiger partial charge in [0.1, 0.15) is 6.42 Å². The van der Waals surface area contributed by atoms with Crippen LogP contribution in [0.2, 0.25) is 0 Å². The molecule has 0 saturated heterocycles. The first-order valence-electron chi connectivity index (χ1n) is 4.87. The van der Waals surface area contributed by atoms with Crippen molar-refractivity contribution in [2.45, 2.75) is 52.0 Å². The molecule has 0 heterocycles. The molecule has 0 radical (unpaired) electrons. The average Bonchev–Trinajstić information content (AvgIpc) is 2.05. The van der Waals surface area contributed by atoms with Crippen LogP contribution < -0.4 is 5.32 Å². The molecule has 1 amide bonds. The highest BCUT2D eigenvalue weighted by molar-refractivity contribution is 5.78. The number of nitrogens with one attached hydrogen (secondary N) is 1. The van der Waals surface area contributed by atoms with Crippen LogP contribution in [0.15, 0.2) is 0 Å². The van der Waals surface area contributed by atoms with Gasteiger partial charge in [0.25, 0.3) is 0 Å². The minimum absolute atomic E-state index is 0.0296. The third-order valence-corrected chi connectivity index (χ3v) is 1.89. The molecule has 0 aliphatic rings. The summed E-state index contributed by atoms with van der Waals surface area (Å²) < 4.78 is 0. The largest absolute Gasteiger partial charge is 0.353 e. The van der Waals surface area contributed by atoms with E-state index in [1.165, 1.54) is 12.8 Å². The Hall–Kier alpha value is -1.04. The summed E-state index contributed by atoms with van der Waals surface area (Å²) in [5.41, 5.74) is 0. The summed E-state index contributed by atoms with van der Waals surface area (Å²) in [5, 5.41) is 11.0. The molecule has 3 heteroatoms. The normalized spacial score (nSPS) is 11.8.